The van der Waals surface area contributed by atoms with E-state index in [4.69, 9.17) is 0 Å². The van der Waals surface area contributed by atoms with Crippen LogP contribution in [-0.4, -0.2) is 67.2 Å². The molecule has 0 spiro atoms. The number of hydrogen-bond donors (Lipinski definition) is 1. The molecular formula is C19H26N2O4S. The van der Waals surface area contributed by atoms with Gasteiger partial charge in [-0.3, -0.25) is 9.69 Å². The van der Waals surface area contributed by atoms with Crippen molar-refractivity contribution in [1.29, 1.82) is 0 Å². The monoisotopic (exact) mass is 378 g/mol. The first kappa shape index (κ1) is 17.9. The number of fused-ring (bicyclic) bond motifs is 2. The highest BCUT2D eigenvalue weighted by Gasteiger charge is 2.59. The molecule has 7 heteroatoms. The molecule has 0 saturated carbocycles. The van der Waals surface area contributed by atoms with E-state index in [0.29, 0.717) is 25.7 Å². The zero-order valence-corrected chi connectivity index (χ0v) is 15.9. The third kappa shape index (κ3) is 2.96. The molecule has 1 aromatic carbocycles. The molecule has 0 radical (unpaired) electrons. The van der Waals surface area contributed by atoms with Gasteiger partial charge in [0, 0.05) is 38.1 Å². The zero-order valence-electron chi connectivity index (χ0n) is 15.1. The number of carbonyl (C=O) groups is 1. The third-order valence-electron chi connectivity index (χ3n) is 6.63. The van der Waals surface area contributed by atoms with Crippen LogP contribution in [0.4, 0.5) is 0 Å². The molecule has 3 aliphatic rings. The van der Waals surface area contributed by atoms with E-state index < -0.39 is 21.4 Å². The van der Waals surface area contributed by atoms with Gasteiger partial charge in [-0.1, -0.05) is 24.3 Å². The Labute approximate surface area is 154 Å². The molecule has 0 aromatic heterocycles. The molecule has 2 atom stereocenters. The summed E-state index contributed by atoms with van der Waals surface area (Å²) in [5.41, 5.74) is 1.86. The second-order valence-corrected chi connectivity index (χ2v) is 10.1. The average Bonchev–Trinajstić information content (AvgIpc) is 3.03. The lowest BCUT2D eigenvalue weighted by Crippen LogP contribution is -2.44. The van der Waals surface area contributed by atoms with E-state index in [-0.39, 0.29) is 12.5 Å². The summed E-state index contributed by atoms with van der Waals surface area (Å²) in [7, 11) is -3.35. The molecule has 142 valence electrons. The molecule has 1 N–H and O–H groups in total. The van der Waals surface area contributed by atoms with Crippen molar-refractivity contribution in [2.24, 2.45) is 11.3 Å². The lowest BCUT2D eigenvalue weighted by Gasteiger charge is -2.30. The number of likely N-dealkylation sites (tertiary alicyclic amines) is 1. The summed E-state index contributed by atoms with van der Waals surface area (Å²) in [4.78, 5) is 14.4. The van der Waals surface area contributed by atoms with E-state index in [9.17, 15) is 18.3 Å². The van der Waals surface area contributed by atoms with Crippen LogP contribution in [0.3, 0.4) is 0 Å². The Morgan fingerprint density at radius 1 is 1.12 bits per heavy atom. The van der Waals surface area contributed by atoms with Gasteiger partial charge in [-0.2, -0.15) is 0 Å². The van der Waals surface area contributed by atoms with Gasteiger partial charge >= 0.3 is 5.97 Å². The lowest BCUT2D eigenvalue weighted by molar-refractivity contribution is -0.148. The highest BCUT2D eigenvalue weighted by Crippen LogP contribution is 2.45. The normalized spacial score (nSPS) is 30.7. The number of aryl methyl sites for hydroxylation is 2. The minimum atomic E-state index is -3.35. The molecule has 6 nitrogen and oxygen atoms in total. The van der Waals surface area contributed by atoms with Crippen LogP contribution in [0.25, 0.3) is 0 Å². The van der Waals surface area contributed by atoms with Crippen molar-refractivity contribution in [2.75, 3.05) is 32.4 Å². The fourth-order valence-corrected chi connectivity index (χ4v) is 6.01. The minimum absolute atomic E-state index is 0.106. The Hall–Kier alpha value is -1.44. The van der Waals surface area contributed by atoms with E-state index in [1.165, 1.54) is 21.7 Å². The van der Waals surface area contributed by atoms with Crippen LogP contribution in [0, 0.1) is 11.3 Å². The third-order valence-corrected chi connectivity index (χ3v) is 7.84. The number of hydrogen-bond acceptors (Lipinski definition) is 4. The van der Waals surface area contributed by atoms with Gasteiger partial charge in [0.15, 0.2) is 0 Å². The smallest absolute Gasteiger partial charge is 0.312 e. The first-order valence-corrected chi connectivity index (χ1v) is 11.1. The zero-order chi connectivity index (χ0) is 18.5. The highest BCUT2D eigenvalue weighted by atomic mass is 32.2. The van der Waals surface area contributed by atoms with Crippen LogP contribution in [0.15, 0.2) is 24.3 Å². The van der Waals surface area contributed by atoms with Crippen molar-refractivity contribution in [3.8, 4) is 0 Å². The molecule has 0 unspecified atom stereocenters. The van der Waals surface area contributed by atoms with Gasteiger partial charge in [0.05, 0.1) is 11.7 Å². The standard InChI is InChI=1S/C19H26N2O4S/c1-26(24,25)21-11-16-10-20(12-19(16,13-21)18(22)23)17-8-6-14-4-2-3-5-15(14)7-9-17/h2-5,16-17H,6-13H2,1H3,(H,22,23)/t16-,19-/m1/s1. The second kappa shape index (κ2) is 6.32. The molecule has 1 aromatic rings. The van der Waals surface area contributed by atoms with E-state index in [0.717, 1.165) is 25.7 Å². The summed E-state index contributed by atoms with van der Waals surface area (Å²) < 4.78 is 25.2. The van der Waals surface area contributed by atoms with E-state index in [1.54, 1.807) is 0 Å². The number of rotatable bonds is 3. The molecule has 0 amide bonds. The quantitative estimate of drug-likeness (QED) is 0.800. The van der Waals surface area contributed by atoms with E-state index in [2.05, 4.69) is 29.2 Å². The van der Waals surface area contributed by atoms with Crippen molar-refractivity contribution in [3.05, 3.63) is 35.4 Å². The van der Waals surface area contributed by atoms with Gasteiger partial charge in [-0.15, -0.1) is 0 Å². The summed E-state index contributed by atoms with van der Waals surface area (Å²) in [5.74, 6) is -0.978. The molecule has 1 aliphatic carbocycles. The Bertz CT molecular complexity index is 798. The molecule has 2 fully saturated rings. The molecule has 26 heavy (non-hydrogen) atoms. The number of aliphatic carboxylic acids is 1. The van der Waals surface area contributed by atoms with Crippen LogP contribution >= 0.6 is 0 Å². The molecule has 2 saturated heterocycles. The predicted octanol–water partition coefficient (Wildman–Crippen LogP) is 1.21. The maximum Gasteiger partial charge on any atom is 0.312 e. The van der Waals surface area contributed by atoms with Crippen LogP contribution in [0.1, 0.15) is 24.0 Å². The van der Waals surface area contributed by atoms with E-state index >= 15 is 0 Å². The number of sulfonamides is 1. The fourth-order valence-electron chi connectivity index (χ4n) is 5.09. The summed E-state index contributed by atoms with van der Waals surface area (Å²) in [6.45, 7) is 1.57. The Balaban J connectivity index is 1.51. The Morgan fingerprint density at radius 2 is 1.73 bits per heavy atom. The van der Waals surface area contributed by atoms with Gasteiger partial charge in [-0.25, -0.2) is 12.7 Å². The molecular weight excluding hydrogens is 352 g/mol. The van der Waals surface area contributed by atoms with Gasteiger partial charge in [0.25, 0.3) is 0 Å². The fraction of sp³-hybridized carbons (Fsp3) is 0.632. The molecule has 2 aliphatic heterocycles. The predicted molar refractivity (Wildman–Crippen MR) is 98.4 cm³/mol. The van der Waals surface area contributed by atoms with Crippen molar-refractivity contribution in [3.63, 3.8) is 0 Å². The summed E-state index contributed by atoms with van der Waals surface area (Å²) >= 11 is 0. The summed E-state index contributed by atoms with van der Waals surface area (Å²) in [6, 6.07) is 8.92. The first-order chi connectivity index (χ1) is 12.3. The SMILES string of the molecule is CS(=O)(=O)N1C[C@H]2CN(C3CCc4ccccc4CC3)C[C@@]2(C(=O)O)C1. The van der Waals surface area contributed by atoms with Crippen molar-refractivity contribution < 1.29 is 18.3 Å². The Kier molecular flexibility index (Phi) is 4.36. The van der Waals surface area contributed by atoms with Crippen LogP contribution < -0.4 is 0 Å². The second-order valence-electron chi connectivity index (χ2n) is 8.14. The number of carboxylic acids is 1. The minimum Gasteiger partial charge on any atom is -0.481 e. The molecule has 2 heterocycles. The number of benzene rings is 1. The van der Waals surface area contributed by atoms with Crippen molar-refractivity contribution in [2.45, 2.75) is 31.7 Å². The van der Waals surface area contributed by atoms with Crippen LogP contribution in [0.2, 0.25) is 0 Å². The maximum absolute atomic E-state index is 12.1. The van der Waals surface area contributed by atoms with Crippen LogP contribution in [-0.2, 0) is 27.7 Å². The largest absolute Gasteiger partial charge is 0.481 e. The molecule has 4 rings (SSSR count). The van der Waals surface area contributed by atoms with Gasteiger partial charge in [-0.05, 0) is 36.8 Å². The average molecular weight is 378 g/mol. The lowest BCUT2D eigenvalue weighted by atomic mass is 9.81. The van der Waals surface area contributed by atoms with E-state index in [1.807, 2.05) is 0 Å². The summed E-state index contributed by atoms with van der Waals surface area (Å²) in [6.07, 6.45) is 5.30. The maximum atomic E-state index is 12.1. The first-order valence-electron chi connectivity index (χ1n) is 9.29. The Morgan fingerprint density at radius 3 is 2.23 bits per heavy atom. The topological polar surface area (TPSA) is 77.9 Å². The number of carboxylic acid groups (broad SMARTS) is 1. The molecule has 0 bridgehead atoms. The summed E-state index contributed by atoms with van der Waals surface area (Å²) in [5, 5.41) is 9.92. The van der Waals surface area contributed by atoms with Crippen molar-refractivity contribution >= 4 is 16.0 Å². The van der Waals surface area contributed by atoms with Gasteiger partial charge in [0.2, 0.25) is 10.0 Å². The highest BCUT2D eigenvalue weighted by molar-refractivity contribution is 7.88. The van der Waals surface area contributed by atoms with Gasteiger partial charge < -0.3 is 5.11 Å². The van der Waals surface area contributed by atoms with Crippen LogP contribution in [0.5, 0.6) is 0 Å². The van der Waals surface area contributed by atoms with Crippen molar-refractivity contribution in [1.82, 2.24) is 9.21 Å². The van der Waals surface area contributed by atoms with Gasteiger partial charge in [0.1, 0.15) is 0 Å². The number of nitrogens with zero attached hydrogens (tertiary/aromatic N) is 2.